The first kappa shape index (κ1) is 15.4. The summed E-state index contributed by atoms with van der Waals surface area (Å²) in [6.07, 6.45) is 13.7. The average molecular weight is 335 g/mol. The number of aromatic nitrogens is 5. The van der Waals surface area contributed by atoms with Crippen LogP contribution in [0.25, 0.3) is 12.2 Å². The summed E-state index contributed by atoms with van der Waals surface area (Å²) < 4.78 is 10.3. The highest BCUT2D eigenvalue weighted by Gasteiger charge is 2.44. The first-order valence-corrected chi connectivity index (χ1v) is 8.09. The smallest absolute Gasteiger partial charge is 0.316 e. The van der Waals surface area contributed by atoms with Crippen LogP contribution in [0.3, 0.4) is 0 Å². The molecule has 0 atom stereocenters. The number of hydrogen-bond acceptors (Lipinski definition) is 7. The highest BCUT2D eigenvalue weighted by atomic mass is 16.5. The molecule has 0 unspecified atom stereocenters. The Morgan fingerprint density at radius 2 is 1.88 bits per heavy atom. The molecule has 126 valence electrons. The molecule has 4 rings (SSSR count). The van der Waals surface area contributed by atoms with Crippen LogP contribution in [-0.4, -0.2) is 32.2 Å². The molecule has 3 heterocycles. The summed E-state index contributed by atoms with van der Waals surface area (Å²) in [5.74, 6) is 1.20. The summed E-state index contributed by atoms with van der Waals surface area (Å²) in [6.45, 7) is 0. The molecule has 0 N–H and O–H groups in total. The van der Waals surface area contributed by atoms with E-state index in [1.54, 1.807) is 30.9 Å². The van der Waals surface area contributed by atoms with Crippen LogP contribution < -0.4 is 4.74 Å². The lowest BCUT2D eigenvalue weighted by atomic mass is 9.64. The Hall–Kier alpha value is -3.09. The molecule has 0 aromatic carbocycles. The second kappa shape index (κ2) is 6.43. The molecule has 1 saturated carbocycles. The van der Waals surface area contributed by atoms with Gasteiger partial charge in [0.25, 0.3) is 5.89 Å². The second-order valence-electron chi connectivity index (χ2n) is 5.96. The zero-order valence-electron chi connectivity index (χ0n) is 13.8. The third-order valence-corrected chi connectivity index (χ3v) is 4.56. The highest BCUT2D eigenvalue weighted by Crippen LogP contribution is 2.47. The van der Waals surface area contributed by atoms with Crippen molar-refractivity contribution in [3.8, 4) is 6.01 Å². The van der Waals surface area contributed by atoms with Gasteiger partial charge in [-0.2, -0.15) is 4.98 Å². The lowest BCUT2D eigenvalue weighted by Gasteiger charge is -2.39. The van der Waals surface area contributed by atoms with Gasteiger partial charge in [-0.1, -0.05) is 11.6 Å². The van der Waals surface area contributed by atoms with E-state index in [1.807, 2.05) is 18.2 Å². The van der Waals surface area contributed by atoms with Gasteiger partial charge in [-0.3, -0.25) is 4.98 Å². The number of nitrogens with zero attached hydrogens (tertiary/aromatic N) is 5. The maximum atomic E-state index is 5.41. The quantitative estimate of drug-likeness (QED) is 0.708. The Morgan fingerprint density at radius 3 is 2.52 bits per heavy atom. The van der Waals surface area contributed by atoms with Crippen LogP contribution in [0.1, 0.15) is 42.1 Å². The summed E-state index contributed by atoms with van der Waals surface area (Å²) in [5.41, 5.74) is 1.86. The fourth-order valence-electron chi connectivity index (χ4n) is 3.03. The maximum absolute atomic E-state index is 5.41. The molecule has 1 aliphatic carbocycles. The first-order chi connectivity index (χ1) is 12.3. The van der Waals surface area contributed by atoms with Crippen LogP contribution in [0, 0.1) is 0 Å². The number of ether oxygens (including phenoxy) is 1. The average Bonchev–Trinajstić information content (AvgIpc) is 3.09. The van der Waals surface area contributed by atoms with E-state index in [2.05, 4.69) is 25.1 Å². The second-order valence-corrected chi connectivity index (χ2v) is 5.96. The number of rotatable bonds is 5. The normalized spacial score (nSPS) is 15.9. The molecule has 0 spiro atoms. The van der Waals surface area contributed by atoms with Crippen molar-refractivity contribution in [3.05, 3.63) is 59.8 Å². The Morgan fingerprint density at radius 1 is 1.12 bits per heavy atom. The van der Waals surface area contributed by atoms with E-state index >= 15 is 0 Å². The van der Waals surface area contributed by atoms with Crippen molar-refractivity contribution in [1.29, 1.82) is 0 Å². The minimum atomic E-state index is -0.151. The monoisotopic (exact) mass is 335 g/mol. The van der Waals surface area contributed by atoms with Gasteiger partial charge in [0.15, 0.2) is 5.82 Å². The molecule has 0 aliphatic heterocycles. The largest absolute Gasteiger partial charge is 0.467 e. The van der Waals surface area contributed by atoms with Crippen LogP contribution in [0.5, 0.6) is 6.01 Å². The maximum Gasteiger partial charge on any atom is 0.316 e. The molecule has 0 radical (unpaired) electrons. The first-order valence-electron chi connectivity index (χ1n) is 8.09. The fraction of sp³-hybridized carbons (Fsp3) is 0.278. The predicted octanol–water partition coefficient (Wildman–Crippen LogP) is 2.90. The van der Waals surface area contributed by atoms with Crippen molar-refractivity contribution in [2.24, 2.45) is 0 Å². The van der Waals surface area contributed by atoms with E-state index in [-0.39, 0.29) is 5.41 Å². The van der Waals surface area contributed by atoms with Crippen LogP contribution in [-0.2, 0) is 5.41 Å². The zero-order chi connectivity index (χ0) is 17.1. The molecule has 0 amide bonds. The fourth-order valence-corrected chi connectivity index (χ4v) is 3.03. The molecule has 7 nitrogen and oxygen atoms in total. The Bertz CT molecular complexity index is 870. The van der Waals surface area contributed by atoms with Gasteiger partial charge in [-0.25, -0.2) is 9.97 Å². The SMILES string of the molecule is COc1ncc(/C=C/c2nc(C3(c4ccncc4)CCC3)no2)cn1. The summed E-state index contributed by atoms with van der Waals surface area (Å²) >= 11 is 0. The van der Waals surface area contributed by atoms with E-state index in [1.165, 1.54) is 12.7 Å². The lowest BCUT2D eigenvalue weighted by molar-refractivity contribution is 0.272. The van der Waals surface area contributed by atoms with Crippen LogP contribution in [0.4, 0.5) is 0 Å². The highest BCUT2D eigenvalue weighted by molar-refractivity contribution is 5.65. The van der Waals surface area contributed by atoms with Gasteiger partial charge < -0.3 is 9.26 Å². The van der Waals surface area contributed by atoms with Gasteiger partial charge >= 0.3 is 6.01 Å². The number of hydrogen-bond donors (Lipinski definition) is 0. The van der Waals surface area contributed by atoms with E-state index < -0.39 is 0 Å². The molecule has 3 aromatic heterocycles. The van der Waals surface area contributed by atoms with E-state index in [0.717, 1.165) is 30.7 Å². The molecule has 0 saturated heterocycles. The van der Waals surface area contributed by atoms with Gasteiger partial charge in [-0.15, -0.1) is 0 Å². The van der Waals surface area contributed by atoms with E-state index in [9.17, 15) is 0 Å². The van der Waals surface area contributed by atoms with Gasteiger partial charge in [0.1, 0.15) is 0 Å². The van der Waals surface area contributed by atoms with Crippen molar-refractivity contribution in [2.75, 3.05) is 7.11 Å². The van der Waals surface area contributed by atoms with Crippen molar-refractivity contribution >= 4 is 12.2 Å². The summed E-state index contributed by atoms with van der Waals surface area (Å²) in [4.78, 5) is 16.8. The van der Waals surface area contributed by atoms with Gasteiger partial charge in [-0.05, 0) is 36.6 Å². The third kappa shape index (κ3) is 2.88. The minimum Gasteiger partial charge on any atom is -0.467 e. The summed E-state index contributed by atoms with van der Waals surface area (Å²) in [6, 6.07) is 4.39. The van der Waals surface area contributed by atoms with Gasteiger partial charge in [0.05, 0.1) is 12.5 Å². The third-order valence-electron chi connectivity index (χ3n) is 4.56. The van der Waals surface area contributed by atoms with Gasteiger partial charge in [0.2, 0.25) is 0 Å². The topological polar surface area (TPSA) is 86.8 Å². The molecule has 3 aromatic rings. The minimum absolute atomic E-state index is 0.151. The van der Waals surface area contributed by atoms with Crippen LogP contribution in [0.15, 0.2) is 41.4 Å². The molecule has 7 heteroatoms. The van der Waals surface area contributed by atoms with Crippen LogP contribution >= 0.6 is 0 Å². The Kier molecular flexibility index (Phi) is 3.97. The summed E-state index contributed by atoms with van der Waals surface area (Å²) in [5, 5.41) is 4.22. The Balaban J connectivity index is 1.56. The lowest BCUT2D eigenvalue weighted by Crippen LogP contribution is -2.36. The summed E-state index contributed by atoms with van der Waals surface area (Å²) in [7, 11) is 1.53. The van der Waals surface area contributed by atoms with Crippen molar-refractivity contribution in [1.82, 2.24) is 25.1 Å². The molecular weight excluding hydrogens is 318 g/mol. The van der Waals surface area contributed by atoms with Crippen molar-refractivity contribution in [3.63, 3.8) is 0 Å². The standard InChI is InChI=1S/C18H17N5O2/c1-24-17-20-11-13(12-21-17)3-4-15-22-16(23-25-15)18(7-2-8-18)14-5-9-19-10-6-14/h3-6,9-12H,2,7-8H2,1H3/b4-3+. The molecule has 0 bridgehead atoms. The molecule has 1 aliphatic rings. The number of pyridine rings is 1. The Labute approximate surface area is 144 Å². The number of methoxy groups -OCH3 is 1. The van der Waals surface area contributed by atoms with E-state index in [0.29, 0.717) is 11.9 Å². The zero-order valence-corrected chi connectivity index (χ0v) is 13.8. The van der Waals surface area contributed by atoms with Crippen LogP contribution in [0.2, 0.25) is 0 Å². The van der Waals surface area contributed by atoms with E-state index in [4.69, 9.17) is 9.26 Å². The molecular formula is C18H17N5O2. The van der Waals surface area contributed by atoms with Crippen molar-refractivity contribution in [2.45, 2.75) is 24.7 Å². The molecule has 1 fully saturated rings. The van der Waals surface area contributed by atoms with Gasteiger partial charge in [0, 0.05) is 36.4 Å². The van der Waals surface area contributed by atoms with Crippen molar-refractivity contribution < 1.29 is 9.26 Å². The molecule has 25 heavy (non-hydrogen) atoms. The predicted molar refractivity (Wildman–Crippen MR) is 90.7 cm³/mol.